The minimum atomic E-state index is -0.643. The van der Waals surface area contributed by atoms with Crippen LogP contribution in [0, 0.1) is 5.92 Å². The van der Waals surface area contributed by atoms with E-state index in [0.717, 1.165) is 25.7 Å². The number of piperazine rings is 1. The van der Waals surface area contributed by atoms with Gasteiger partial charge in [0.05, 0.1) is 6.10 Å². The van der Waals surface area contributed by atoms with Crippen molar-refractivity contribution in [1.29, 1.82) is 0 Å². The first-order valence-corrected chi connectivity index (χ1v) is 7.57. The zero-order valence-corrected chi connectivity index (χ0v) is 12.9. The first-order valence-electron chi connectivity index (χ1n) is 7.57. The standard InChI is InChI=1S/C15H26N2O3/c1-10(2)12-13(18)16-15(7-5-6-8-15)14(19)17(12)9-11(3)20-4/h10-12H,5-9H2,1-4H3,(H,16,18). The van der Waals surface area contributed by atoms with Gasteiger partial charge in [-0.2, -0.15) is 0 Å². The van der Waals surface area contributed by atoms with Crippen LogP contribution < -0.4 is 5.32 Å². The number of amides is 2. The minimum Gasteiger partial charge on any atom is -0.380 e. The van der Waals surface area contributed by atoms with Crippen LogP contribution in [0.15, 0.2) is 0 Å². The fraction of sp³-hybridized carbons (Fsp3) is 0.867. The van der Waals surface area contributed by atoms with Crippen LogP contribution >= 0.6 is 0 Å². The monoisotopic (exact) mass is 282 g/mol. The second-order valence-electron chi connectivity index (χ2n) is 6.47. The van der Waals surface area contributed by atoms with Crippen molar-refractivity contribution in [3.8, 4) is 0 Å². The molecule has 2 atom stereocenters. The maximum absolute atomic E-state index is 12.9. The molecule has 2 fully saturated rings. The molecule has 5 heteroatoms. The number of rotatable bonds is 4. The lowest BCUT2D eigenvalue weighted by atomic mass is 9.87. The average Bonchev–Trinajstić information content (AvgIpc) is 2.84. The van der Waals surface area contributed by atoms with E-state index in [0.29, 0.717) is 6.54 Å². The normalized spacial score (nSPS) is 27.2. The Morgan fingerprint density at radius 3 is 2.40 bits per heavy atom. The fourth-order valence-corrected chi connectivity index (χ4v) is 3.43. The number of carbonyl (C=O) groups excluding carboxylic acids is 2. The van der Waals surface area contributed by atoms with Crippen LogP contribution in [0.1, 0.15) is 46.5 Å². The first kappa shape index (κ1) is 15.3. The summed E-state index contributed by atoms with van der Waals surface area (Å²) in [5, 5.41) is 3.02. The van der Waals surface area contributed by atoms with Crippen molar-refractivity contribution < 1.29 is 14.3 Å². The Morgan fingerprint density at radius 2 is 1.90 bits per heavy atom. The number of nitrogens with one attached hydrogen (secondary N) is 1. The maximum Gasteiger partial charge on any atom is 0.249 e. The van der Waals surface area contributed by atoms with Gasteiger partial charge in [-0.3, -0.25) is 9.59 Å². The van der Waals surface area contributed by atoms with E-state index in [-0.39, 0.29) is 29.9 Å². The highest BCUT2D eigenvalue weighted by Gasteiger charge is 2.52. The van der Waals surface area contributed by atoms with Gasteiger partial charge in [0.1, 0.15) is 11.6 Å². The third-order valence-corrected chi connectivity index (χ3v) is 4.58. The van der Waals surface area contributed by atoms with E-state index in [9.17, 15) is 9.59 Å². The Bertz CT molecular complexity index is 389. The molecule has 1 saturated heterocycles. The van der Waals surface area contributed by atoms with Crippen LogP contribution in [0.4, 0.5) is 0 Å². The summed E-state index contributed by atoms with van der Waals surface area (Å²) in [7, 11) is 1.63. The predicted octanol–water partition coefficient (Wildman–Crippen LogP) is 1.32. The molecular weight excluding hydrogens is 256 g/mol. The second-order valence-corrected chi connectivity index (χ2v) is 6.47. The molecule has 1 heterocycles. The first-order chi connectivity index (χ1) is 9.41. The Kier molecular flexibility index (Phi) is 4.37. The number of ether oxygens (including phenoxy) is 1. The fourth-order valence-electron chi connectivity index (χ4n) is 3.43. The largest absolute Gasteiger partial charge is 0.380 e. The molecule has 0 aromatic rings. The lowest BCUT2D eigenvalue weighted by Crippen LogP contribution is -2.71. The summed E-state index contributed by atoms with van der Waals surface area (Å²) in [5.74, 6) is 0.170. The molecular formula is C15H26N2O3. The van der Waals surface area contributed by atoms with E-state index in [1.54, 1.807) is 12.0 Å². The Balaban J connectivity index is 2.28. The van der Waals surface area contributed by atoms with Crippen LogP contribution in [0.2, 0.25) is 0 Å². The molecule has 114 valence electrons. The zero-order valence-electron chi connectivity index (χ0n) is 12.9. The molecule has 20 heavy (non-hydrogen) atoms. The quantitative estimate of drug-likeness (QED) is 0.846. The van der Waals surface area contributed by atoms with E-state index in [1.807, 2.05) is 20.8 Å². The topological polar surface area (TPSA) is 58.6 Å². The van der Waals surface area contributed by atoms with Gasteiger partial charge in [0.25, 0.3) is 0 Å². The van der Waals surface area contributed by atoms with E-state index >= 15 is 0 Å². The van der Waals surface area contributed by atoms with Crippen molar-refractivity contribution in [3.63, 3.8) is 0 Å². The van der Waals surface area contributed by atoms with Crippen molar-refractivity contribution in [2.75, 3.05) is 13.7 Å². The van der Waals surface area contributed by atoms with E-state index in [1.165, 1.54) is 0 Å². The highest BCUT2D eigenvalue weighted by Crippen LogP contribution is 2.35. The summed E-state index contributed by atoms with van der Waals surface area (Å²) in [6, 6.07) is -0.383. The average molecular weight is 282 g/mol. The van der Waals surface area contributed by atoms with Gasteiger partial charge in [-0.1, -0.05) is 26.7 Å². The van der Waals surface area contributed by atoms with Crippen LogP contribution in [-0.2, 0) is 14.3 Å². The molecule has 1 aliphatic heterocycles. The number of carbonyl (C=O) groups is 2. The molecule has 1 spiro atoms. The van der Waals surface area contributed by atoms with Crippen molar-refractivity contribution in [1.82, 2.24) is 10.2 Å². The van der Waals surface area contributed by atoms with Crippen molar-refractivity contribution >= 4 is 11.8 Å². The zero-order chi connectivity index (χ0) is 14.9. The molecule has 1 aliphatic carbocycles. The Morgan fingerprint density at radius 1 is 1.30 bits per heavy atom. The third-order valence-electron chi connectivity index (χ3n) is 4.58. The summed E-state index contributed by atoms with van der Waals surface area (Å²) in [4.78, 5) is 27.1. The SMILES string of the molecule is COC(C)CN1C(=O)C2(CCCC2)NC(=O)C1C(C)C. The summed E-state index contributed by atoms with van der Waals surface area (Å²) in [6.45, 7) is 6.37. The Hall–Kier alpha value is -1.10. The van der Waals surface area contributed by atoms with Crippen molar-refractivity contribution in [2.24, 2.45) is 5.92 Å². The summed E-state index contributed by atoms with van der Waals surface area (Å²) in [5.41, 5.74) is -0.643. The van der Waals surface area contributed by atoms with E-state index < -0.39 is 5.54 Å². The molecule has 1 N–H and O–H groups in total. The maximum atomic E-state index is 12.9. The van der Waals surface area contributed by atoms with Crippen LogP contribution in [-0.4, -0.2) is 48.1 Å². The molecule has 2 rings (SSSR count). The van der Waals surface area contributed by atoms with Gasteiger partial charge in [0.2, 0.25) is 11.8 Å². The second kappa shape index (κ2) is 5.72. The summed E-state index contributed by atoms with van der Waals surface area (Å²) < 4.78 is 5.29. The highest BCUT2D eigenvalue weighted by molar-refractivity contribution is 6.00. The van der Waals surface area contributed by atoms with Gasteiger partial charge < -0.3 is 15.0 Å². The molecule has 1 saturated carbocycles. The smallest absolute Gasteiger partial charge is 0.249 e. The summed E-state index contributed by atoms with van der Waals surface area (Å²) in [6.07, 6.45) is 3.48. The molecule has 2 unspecified atom stereocenters. The van der Waals surface area contributed by atoms with E-state index in [4.69, 9.17) is 4.74 Å². The van der Waals surface area contributed by atoms with Gasteiger partial charge in [0, 0.05) is 13.7 Å². The van der Waals surface area contributed by atoms with Gasteiger partial charge >= 0.3 is 0 Å². The van der Waals surface area contributed by atoms with Gasteiger partial charge in [0.15, 0.2) is 0 Å². The predicted molar refractivity (Wildman–Crippen MR) is 76.2 cm³/mol. The Labute approximate surface area is 121 Å². The third kappa shape index (κ3) is 2.55. The van der Waals surface area contributed by atoms with Crippen LogP contribution in [0.3, 0.4) is 0 Å². The number of methoxy groups -OCH3 is 1. The molecule has 5 nitrogen and oxygen atoms in total. The summed E-state index contributed by atoms with van der Waals surface area (Å²) >= 11 is 0. The highest BCUT2D eigenvalue weighted by atomic mass is 16.5. The molecule has 0 aromatic heterocycles. The van der Waals surface area contributed by atoms with Crippen LogP contribution in [0.5, 0.6) is 0 Å². The molecule has 0 radical (unpaired) electrons. The van der Waals surface area contributed by atoms with Gasteiger partial charge in [-0.05, 0) is 25.7 Å². The minimum absolute atomic E-state index is 0.00944. The molecule has 2 amide bonds. The number of nitrogens with zero attached hydrogens (tertiary/aromatic N) is 1. The van der Waals surface area contributed by atoms with Crippen molar-refractivity contribution in [2.45, 2.75) is 64.1 Å². The van der Waals surface area contributed by atoms with Gasteiger partial charge in [-0.25, -0.2) is 0 Å². The van der Waals surface area contributed by atoms with Crippen LogP contribution in [0.25, 0.3) is 0 Å². The number of hydrogen-bond acceptors (Lipinski definition) is 3. The molecule has 0 aromatic carbocycles. The molecule has 0 bridgehead atoms. The van der Waals surface area contributed by atoms with E-state index in [2.05, 4.69) is 5.32 Å². The van der Waals surface area contributed by atoms with Gasteiger partial charge in [-0.15, -0.1) is 0 Å². The lowest BCUT2D eigenvalue weighted by molar-refractivity contribution is -0.158. The number of hydrogen-bond donors (Lipinski definition) is 1. The molecule has 2 aliphatic rings. The lowest BCUT2D eigenvalue weighted by Gasteiger charge is -2.46. The van der Waals surface area contributed by atoms with Crippen molar-refractivity contribution in [3.05, 3.63) is 0 Å².